The first-order valence-corrected chi connectivity index (χ1v) is 12.2. The van der Waals surface area contributed by atoms with Gasteiger partial charge in [-0.2, -0.15) is 4.31 Å². The summed E-state index contributed by atoms with van der Waals surface area (Å²) in [5, 5.41) is 5.12. The van der Waals surface area contributed by atoms with Crippen LogP contribution >= 0.6 is 0 Å². The molecule has 0 aromatic heterocycles. The van der Waals surface area contributed by atoms with E-state index in [1.165, 1.54) is 38.5 Å². The molecule has 28 heavy (non-hydrogen) atoms. The van der Waals surface area contributed by atoms with Gasteiger partial charge in [0.15, 0.2) is 6.04 Å². The summed E-state index contributed by atoms with van der Waals surface area (Å²) < 4.78 is 27.0. The highest BCUT2D eigenvalue weighted by atomic mass is 32.2. The number of amides is 1. The fourth-order valence-corrected chi connectivity index (χ4v) is 5.74. The number of nitrogens with one attached hydrogen (secondary N) is 1. The molecule has 7 heteroatoms. The maximum Gasteiger partial charge on any atom is 0.282 e. The van der Waals surface area contributed by atoms with Gasteiger partial charge in [0.05, 0.1) is 10.9 Å². The molecule has 1 aromatic rings. The Labute approximate surface area is 169 Å². The lowest BCUT2D eigenvalue weighted by Crippen LogP contribution is -2.96. The molecule has 1 aliphatic carbocycles. The van der Waals surface area contributed by atoms with Gasteiger partial charge in [0.1, 0.15) is 0 Å². The van der Waals surface area contributed by atoms with Crippen molar-refractivity contribution < 1.29 is 18.5 Å². The van der Waals surface area contributed by atoms with Gasteiger partial charge in [-0.1, -0.05) is 19.3 Å². The van der Waals surface area contributed by atoms with Crippen molar-refractivity contribution in [3.63, 3.8) is 0 Å². The van der Waals surface area contributed by atoms with E-state index in [1.807, 2.05) is 6.92 Å². The van der Waals surface area contributed by atoms with Crippen molar-refractivity contribution in [3.8, 4) is 0 Å². The predicted octanol–water partition coefficient (Wildman–Crippen LogP) is 2.47. The minimum absolute atomic E-state index is 0.0316. The van der Waals surface area contributed by atoms with E-state index in [2.05, 4.69) is 10.6 Å². The molecule has 6 nitrogen and oxygen atoms in total. The molecule has 3 N–H and O–H groups in total. The zero-order valence-electron chi connectivity index (χ0n) is 16.9. The fraction of sp³-hybridized carbons (Fsp3) is 0.667. The van der Waals surface area contributed by atoms with E-state index in [0.29, 0.717) is 29.7 Å². The number of nitrogens with zero attached hydrogens (tertiary/aromatic N) is 1. The third kappa shape index (κ3) is 5.55. The maximum atomic E-state index is 12.7. The van der Waals surface area contributed by atoms with Crippen molar-refractivity contribution in [2.45, 2.75) is 81.7 Å². The molecular formula is C21H34N3O3S+. The van der Waals surface area contributed by atoms with Crippen molar-refractivity contribution in [2.24, 2.45) is 0 Å². The summed E-state index contributed by atoms with van der Waals surface area (Å²) in [6.45, 7) is 3.13. The summed E-state index contributed by atoms with van der Waals surface area (Å²) in [4.78, 5) is 12.8. The fourth-order valence-electron chi connectivity index (χ4n) is 4.22. The number of quaternary nitrogens is 1. The molecule has 1 atom stereocenters. The molecule has 1 heterocycles. The van der Waals surface area contributed by atoms with Gasteiger partial charge in [-0.3, -0.25) is 4.79 Å². The smallest absolute Gasteiger partial charge is 0.282 e. The quantitative estimate of drug-likeness (QED) is 0.710. The molecule has 0 radical (unpaired) electrons. The van der Waals surface area contributed by atoms with Gasteiger partial charge >= 0.3 is 0 Å². The highest BCUT2D eigenvalue weighted by molar-refractivity contribution is 7.89. The molecule has 156 valence electrons. The normalized spacial score (nSPS) is 21.0. The molecule has 1 aliphatic heterocycles. The number of hydrogen-bond acceptors (Lipinski definition) is 3. The van der Waals surface area contributed by atoms with Gasteiger partial charge in [0, 0.05) is 18.8 Å². The molecule has 1 saturated carbocycles. The lowest BCUT2D eigenvalue weighted by Gasteiger charge is -2.25. The van der Waals surface area contributed by atoms with Gasteiger partial charge in [-0.25, -0.2) is 8.42 Å². The van der Waals surface area contributed by atoms with Crippen molar-refractivity contribution in [3.05, 3.63) is 24.3 Å². The van der Waals surface area contributed by atoms with Crippen LogP contribution in [0.15, 0.2) is 29.2 Å². The Morgan fingerprint density at radius 3 is 2.18 bits per heavy atom. The Bertz CT molecular complexity index is 735. The third-order valence-corrected chi connectivity index (χ3v) is 7.86. The largest absolute Gasteiger partial charge is 0.334 e. The number of hydrogen-bond donors (Lipinski definition) is 2. The Balaban J connectivity index is 1.56. The zero-order valence-corrected chi connectivity index (χ0v) is 17.7. The van der Waals surface area contributed by atoms with Gasteiger partial charge < -0.3 is 10.6 Å². The van der Waals surface area contributed by atoms with Crippen LogP contribution in [0.3, 0.4) is 0 Å². The van der Waals surface area contributed by atoms with E-state index in [9.17, 15) is 13.2 Å². The number of carbonyl (C=O) groups is 1. The Kier molecular flexibility index (Phi) is 7.48. The second kappa shape index (κ2) is 9.85. The molecule has 2 aliphatic rings. The van der Waals surface area contributed by atoms with Gasteiger partial charge in [-0.15, -0.1) is 0 Å². The van der Waals surface area contributed by atoms with Crippen molar-refractivity contribution in [1.29, 1.82) is 0 Å². The minimum Gasteiger partial charge on any atom is -0.334 e. The standard InChI is InChI=1S/C21H33N3O3S/c1-17(22-18-9-5-2-3-6-10-18)21(25)23-19-11-13-20(14-12-19)28(26,27)24-15-7-4-8-16-24/h11-14,17-18,22H,2-10,15-16H2,1H3,(H,23,25)/p+1/t17-/m0/s1. The molecule has 0 bridgehead atoms. The van der Waals surface area contributed by atoms with E-state index in [-0.39, 0.29) is 11.9 Å². The van der Waals surface area contributed by atoms with Crippen LogP contribution < -0.4 is 10.6 Å². The third-order valence-electron chi connectivity index (χ3n) is 5.95. The van der Waals surface area contributed by atoms with Crippen molar-refractivity contribution in [1.82, 2.24) is 4.31 Å². The lowest BCUT2D eigenvalue weighted by atomic mass is 10.1. The van der Waals surface area contributed by atoms with E-state index in [0.717, 1.165) is 19.3 Å². The average Bonchev–Trinajstić information content (AvgIpc) is 2.97. The summed E-state index contributed by atoms with van der Waals surface area (Å²) in [6, 6.07) is 6.94. The molecule has 3 rings (SSSR count). The highest BCUT2D eigenvalue weighted by Gasteiger charge is 2.26. The summed E-state index contributed by atoms with van der Waals surface area (Å²) in [5.74, 6) is -0.0316. The molecule has 0 spiro atoms. The Morgan fingerprint density at radius 1 is 1.00 bits per heavy atom. The molecule has 1 aromatic carbocycles. The number of piperidine rings is 1. The first kappa shape index (κ1) is 21.3. The van der Waals surface area contributed by atoms with Crippen molar-refractivity contribution in [2.75, 3.05) is 18.4 Å². The van der Waals surface area contributed by atoms with E-state index < -0.39 is 10.0 Å². The molecule has 1 saturated heterocycles. The molecule has 2 fully saturated rings. The summed E-state index contributed by atoms with van der Waals surface area (Å²) >= 11 is 0. The van der Waals surface area contributed by atoms with Crippen LogP contribution in [0.5, 0.6) is 0 Å². The lowest BCUT2D eigenvalue weighted by molar-refractivity contribution is -0.707. The second-order valence-electron chi connectivity index (χ2n) is 8.21. The SMILES string of the molecule is C[C@H]([NH2+]C1CCCCCC1)C(=O)Nc1ccc(S(=O)(=O)N2CCCCC2)cc1. The summed E-state index contributed by atoms with van der Waals surface area (Å²) in [6.07, 6.45) is 10.4. The van der Waals surface area contributed by atoms with Crippen molar-refractivity contribution >= 4 is 21.6 Å². The number of rotatable bonds is 6. The minimum atomic E-state index is -3.43. The van der Waals surface area contributed by atoms with Gasteiger partial charge in [0.2, 0.25) is 10.0 Å². The number of anilines is 1. The van der Waals surface area contributed by atoms with Crippen LogP contribution in [0.1, 0.15) is 64.7 Å². The Hall–Kier alpha value is -1.44. The van der Waals surface area contributed by atoms with Crippen LogP contribution in [0, 0.1) is 0 Å². The van der Waals surface area contributed by atoms with Crippen LogP contribution in [-0.2, 0) is 14.8 Å². The van der Waals surface area contributed by atoms with Crippen LogP contribution in [0.25, 0.3) is 0 Å². The topological polar surface area (TPSA) is 83.1 Å². The average molecular weight is 409 g/mol. The van der Waals surface area contributed by atoms with Gasteiger partial charge in [0.25, 0.3) is 5.91 Å². The molecular weight excluding hydrogens is 374 g/mol. The van der Waals surface area contributed by atoms with Crippen LogP contribution in [-0.4, -0.2) is 43.8 Å². The van der Waals surface area contributed by atoms with Gasteiger partial charge in [-0.05, 0) is 69.7 Å². The highest BCUT2D eigenvalue weighted by Crippen LogP contribution is 2.22. The number of sulfonamides is 1. The number of carbonyl (C=O) groups excluding carboxylic acids is 1. The number of benzene rings is 1. The van der Waals surface area contributed by atoms with Crippen LogP contribution in [0.2, 0.25) is 0 Å². The van der Waals surface area contributed by atoms with Crippen LogP contribution in [0.4, 0.5) is 5.69 Å². The number of nitrogens with two attached hydrogens (primary N) is 1. The predicted molar refractivity (Wildman–Crippen MR) is 111 cm³/mol. The maximum absolute atomic E-state index is 12.7. The molecule has 0 unspecified atom stereocenters. The van der Waals surface area contributed by atoms with E-state index in [1.54, 1.807) is 28.6 Å². The molecule has 1 amide bonds. The van der Waals surface area contributed by atoms with E-state index >= 15 is 0 Å². The first-order chi connectivity index (χ1) is 13.5. The second-order valence-corrected chi connectivity index (χ2v) is 10.1. The summed E-state index contributed by atoms with van der Waals surface area (Å²) in [7, 11) is -3.43. The van der Waals surface area contributed by atoms with E-state index in [4.69, 9.17) is 0 Å². The monoisotopic (exact) mass is 408 g/mol. The zero-order chi connectivity index (χ0) is 20.0. The summed E-state index contributed by atoms with van der Waals surface area (Å²) in [5.41, 5.74) is 0.642. The first-order valence-electron chi connectivity index (χ1n) is 10.7. The Morgan fingerprint density at radius 2 is 1.57 bits per heavy atom.